The molecule has 1 heterocycles. The minimum Gasteiger partial charge on any atom is -0.464 e. The van der Waals surface area contributed by atoms with Gasteiger partial charge in [-0.2, -0.15) is 13.7 Å². The molecular weight excluding hydrogens is 316 g/mol. The van der Waals surface area contributed by atoms with Gasteiger partial charge >= 0.3 is 16.1 Å². The fraction of sp³-hybridized carbons (Fsp3) is 0.0833. The fourth-order valence-electron chi connectivity index (χ4n) is 1.43. The maximum Gasteiger partial charge on any atom is 0.359 e. The minimum atomic E-state index is -4.23. The second kappa shape index (κ2) is 5.90. The van der Waals surface area contributed by atoms with Crippen molar-refractivity contribution in [3.63, 3.8) is 0 Å². The Kier molecular flexibility index (Phi) is 4.21. The van der Waals surface area contributed by atoms with Gasteiger partial charge < -0.3 is 8.92 Å². The number of carbonyl (C=O) groups excluding carboxylic acids is 1. The van der Waals surface area contributed by atoms with Gasteiger partial charge in [0.1, 0.15) is 5.75 Å². The number of nitrogens with zero attached hydrogens (tertiary/aromatic N) is 2. The van der Waals surface area contributed by atoms with Crippen molar-refractivity contribution >= 4 is 27.4 Å². The smallest absolute Gasteiger partial charge is 0.359 e. The van der Waals surface area contributed by atoms with E-state index in [9.17, 15) is 13.2 Å². The summed E-state index contributed by atoms with van der Waals surface area (Å²) in [6.07, 6.45) is 0. The molecule has 0 aliphatic heterocycles. The Balaban J connectivity index is 2.37. The van der Waals surface area contributed by atoms with Gasteiger partial charge in [0.25, 0.3) is 0 Å². The number of carbonyl (C=O) groups is 1. The highest BCUT2D eigenvalue weighted by Gasteiger charge is 2.28. The zero-order valence-corrected chi connectivity index (χ0v) is 12.3. The molecule has 0 aliphatic rings. The maximum atomic E-state index is 12.2. The lowest BCUT2D eigenvalue weighted by atomic mass is 10.2. The summed E-state index contributed by atoms with van der Waals surface area (Å²) < 4.78 is 33.3. The Bertz CT molecular complexity index is 820. The fourth-order valence-corrected chi connectivity index (χ4v) is 3.44. The summed E-state index contributed by atoms with van der Waals surface area (Å²) in [6.45, 7) is 0. The van der Waals surface area contributed by atoms with Gasteiger partial charge in [0.05, 0.1) is 24.3 Å². The summed E-state index contributed by atoms with van der Waals surface area (Å²) in [6, 6.07) is 7.52. The molecule has 0 saturated heterocycles. The standard InChI is InChI=1S/C12H8N2O5S2/c1-18-11(15)10-12(20-7-14-10)21(16,17)19-9-4-2-3-8(5-9)6-13/h2-5,7H,1H3. The average molecular weight is 324 g/mol. The van der Waals surface area contributed by atoms with E-state index in [0.717, 1.165) is 18.4 Å². The van der Waals surface area contributed by atoms with Crippen LogP contribution >= 0.6 is 11.3 Å². The van der Waals surface area contributed by atoms with Crippen molar-refractivity contribution in [1.82, 2.24) is 4.98 Å². The summed E-state index contributed by atoms with van der Waals surface area (Å²) in [5.74, 6) is -0.900. The Morgan fingerprint density at radius 1 is 1.43 bits per heavy atom. The van der Waals surface area contributed by atoms with Crippen molar-refractivity contribution in [2.24, 2.45) is 0 Å². The zero-order chi connectivity index (χ0) is 15.5. The van der Waals surface area contributed by atoms with Gasteiger partial charge in [-0.25, -0.2) is 9.78 Å². The maximum absolute atomic E-state index is 12.2. The van der Waals surface area contributed by atoms with Crippen molar-refractivity contribution in [3.8, 4) is 11.8 Å². The third-order valence-electron chi connectivity index (χ3n) is 2.31. The molecule has 7 nitrogen and oxygen atoms in total. The molecule has 2 rings (SSSR count). The summed E-state index contributed by atoms with van der Waals surface area (Å²) in [5.41, 5.74) is 1.12. The number of esters is 1. The molecule has 0 aliphatic carbocycles. The van der Waals surface area contributed by atoms with Crippen molar-refractivity contribution in [3.05, 3.63) is 41.0 Å². The van der Waals surface area contributed by atoms with Gasteiger partial charge in [0.15, 0.2) is 9.90 Å². The number of thiazole rings is 1. The highest BCUT2D eigenvalue weighted by Crippen LogP contribution is 2.25. The van der Waals surface area contributed by atoms with Crippen LogP contribution in [0.1, 0.15) is 16.1 Å². The van der Waals surface area contributed by atoms with E-state index >= 15 is 0 Å². The van der Waals surface area contributed by atoms with Crippen LogP contribution in [0, 0.1) is 11.3 Å². The Labute approximate surface area is 124 Å². The van der Waals surface area contributed by atoms with Crippen LogP contribution in [-0.2, 0) is 14.9 Å². The third-order valence-corrected chi connectivity index (χ3v) is 4.89. The summed E-state index contributed by atoms with van der Waals surface area (Å²) in [4.78, 5) is 15.1. The van der Waals surface area contributed by atoms with Crippen LogP contribution in [0.2, 0.25) is 0 Å². The van der Waals surface area contributed by atoms with Crippen molar-refractivity contribution in [2.75, 3.05) is 7.11 Å². The predicted molar refractivity (Wildman–Crippen MR) is 72.4 cm³/mol. The first kappa shape index (κ1) is 15.0. The van der Waals surface area contributed by atoms with Crippen molar-refractivity contribution < 1.29 is 22.1 Å². The molecule has 0 saturated carbocycles. The number of rotatable bonds is 4. The van der Waals surface area contributed by atoms with Crippen LogP contribution in [-0.4, -0.2) is 26.5 Å². The molecule has 2 aromatic rings. The quantitative estimate of drug-likeness (QED) is 0.620. The first-order valence-corrected chi connectivity index (χ1v) is 7.73. The van der Waals surface area contributed by atoms with Gasteiger partial charge in [-0.3, -0.25) is 0 Å². The van der Waals surface area contributed by atoms with E-state index in [0.29, 0.717) is 0 Å². The van der Waals surface area contributed by atoms with Crippen LogP contribution in [0.25, 0.3) is 0 Å². The molecule has 21 heavy (non-hydrogen) atoms. The van der Waals surface area contributed by atoms with Crippen LogP contribution in [0.3, 0.4) is 0 Å². The Hall–Kier alpha value is -2.44. The van der Waals surface area contributed by atoms with E-state index in [-0.39, 0.29) is 21.2 Å². The van der Waals surface area contributed by atoms with Gasteiger partial charge in [-0.05, 0) is 18.2 Å². The number of ether oxygens (including phenoxy) is 1. The first-order valence-electron chi connectivity index (χ1n) is 5.44. The number of benzene rings is 1. The molecule has 0 N–H and O–H groups in total. The van der Waals surface area contributed by atoms with Crippen LogP contribution < -0.4 is 4.18 Å². The summed E-state index contributed by atoms with van der Waals surface area (Å²) in [7, 11) is -3.11. The molecule has 1 aromatic carbocycles. The van der Waals surface area contributed by atoms with E-state index in [1.54, 1.807) is 0 Å². The topological polar surface area (TPSA) is 106 Å². The lowest BCUT2D eigenvalue weighted by molar-refractivity contribution is 0.0590. The normalized spacial score (nSPS) is 10.7. The molecule has 0 amide bonds. The molecule has 9 heteroatoms. The van der Waals surface area contributed by atoms with Crippen LogP contribution in [0.15, 0.2) is 34.0 Å². The van der Waals surface area contributed by atoms with Crippen LogP contribution in [0.4, 0.5) is 0 Å². The first-order chi connectivity index (χ1) is 9.97. The number of hydrogen-bond donors (Lipinski definition) is 0. The lowest BCUT2D eigenvalue weighted by Gasteiger charge is -2.06. The van der Waals surface area contributed by atoms with Crippen LogP contribution in [0.5, 0.6) is 5.75 Å². The Morgan fingerprint density at radius 2 is 2.19 bits per heavy atom. The van der Waals surface area contributed by atoms with Crippen molar-refractivity contribution in [2.45, 2.75) is 4.21 Å². The average Bonchev–Trinajstić information content (AvgIpc) is 2.96. The largest absolute Gasteiger partial charge is 0.464 e. The molecule has 1 aromatic heterocycles. The monoisotopic (exact) mass is 324 g/mol. The number of aromatic nitrogens is 1. The Morgan fingerprint density at radius 3 is 2.86 bits per heavy atom. The minimum absolute atomic E-state index is 0.0294. The summed E-state index contributed by atoms with van der Waals surface area (Å²) in [5, 5.41) is 8.77. The summed E-state index contributed by atoms with van der Waals surface area (Å²) >= 11 is 0.739. The third kappa shape index (κ3) is 3.18. The van der Waals surface area contributed by atoms with E-state index in [1.165, 1.54) is 29.8 Å². The lowest BCUT2D eigenvalue weighted by Crippen LogP contribution is -2.14. The van der Waals surface area contributed by atoms with Gasteiger partial charge in [0.2, 0.25) is 0 Å². The van der Waals surface area contributed by atoms with E-state index in [1.807, 2.05) is 6.07 Å². The highest BCUT2D eigenvalue weighted by molar-refractivity contribution is 7.89. The van der Waals surface area contributed by atoms with E-state index in [4.69, 9.17) is 9.44 Å². The molecule has 0 fully saturated rings. The van der Waals surface area contributed by atoms with Gasteiger partial charge in [-0.15, -0.1) is 11.3 Å². The second-order valence-electron chi connectivity index (χ2n) is 3.66. The number of nitriles is 1. The SMILES string of the molecule is COC(=O)c1ncsc1S(=O)(=O)Oc1cccc(C#N)c1. The van der Waals surface area contributed by atoms with Crippen molar-refractivity contribution in [1.29, 1.82) is 5.26 Å². The molecular formula is C12H8N2O5S2. The molecule has 0 radical (unpaired) electrons. The highest BCUT2D eigenvalue weighted by atomic mass is 32.3. The molecule has 0 atom stereocenters. The second-order valence-corrected chi connectivity index (χ2v) is 6.25. The van der Waals surface area contributed by atoms with E-state index < -0.39 is 16.1 Å². The van der Waals surface area contributed by atoms with Gasteiger partial charge in [-0.1, -0.05) is 6.07 Å². The number of methoxy groups -OCH3 is 1. The predicted octanol–water partition coefficient (Wildman–Crippen LogP) is 1.57. The number of hydrogen-bond acceptors (Lipinski definition) is 8. The molecule has 0 spiro atoms. The molecule has 0 bridgehead atoms. The molecule has 108 valence electrons. The zero-order valence-electron chi connectivity index (χ0n) is 10.6. The molecule has 0 unspecified atom stereocenters. The van der Waals surface area contributed by atoms with Gasteiger partial charge in [0, 0.05) is 0 Å². The van der Waals surface area contributed by atoms with E-state index in [2.05, 4.69) is 9.72 Å².